The van der Waals surface area contributed by atoms with Gasteiger partial charge >= 0.3 is 0 Å². The lowest BCUT2D eigenvalue weighted by Crippen LogP contribution is -2.18. The van der Waals surface area contributed by atoms with Crippen molar-refractivity contribution in [3.63, 3.8) is 0 Å². The van der Waals surface area contributed by atoms with Gasteiger partial charge in [0.1, 0.15) is 5.75 Å². The van der Waals surface area contributed by atoms with E-state index < -0.39 is 5.91 Å². The number of nitrogens with one attached hydrogen (secondary N) is 1. The van der Waals surface area contributed by atoms with E-state index in [-0.39, 0.29) is 5.56 Å². The van der Waals surface area contributed by atoms with E-state index in [0.29, 0.717) is 26.4 Å². The van der Waals surface area contributed by atoms with E-state index in [1.54, 1.807) is 30.3 Å². The van der Waals surface area contributed by atoms with Gasteiger partial charge in [0, 0.05) is 15.6 Å². The summed E-state index contributed by atoms with van der Waals surface area (Å²) in [5, 5.41) is 5.25. The molecule has 1 N–H and O–H groups in total. The van der Waals surface area contributed by atoms with Gasteiger partial charge in [-0.25, -0.2) is 5.43 Å². The molecule has 0 unspecified atom stereocenters. The minimum absolute atomic E-state index is 0.286. The number of carbonyl (C=O) groups excluding carboxylic acids is 1. The van der Waals surface area contributed by atoms with Crippen LogP contribution in [0, 0.1) is 0 Å². The highest BCUT2D eigenvalue weighted by molar-refractivity contribution is 6.36. The number of amides is 1. The maximum atomic E-state index is 12.1. The van der Waals surface area contributed by atoms with Crippen LogP contribution in [0.1, 0.15) is 15.9 Å². The Kier molecular flexibility index (Phi) is 5.66. The van der Waals surface area contributed by atoms with Gasteiger partial charge < -0.3 is 4.74 Å². The first kappa shape index (κ1) is 16.6. The Balaban J connectivity index is 2.13. The highest BCUT2D eigenvalue weighted by atomic mass is 35.5. The molecular formula is C15H11Cl3N2O2. The normalized spacial score (nSPS) is 10.7. The quantitative estimate of drug-likeness (QED) is 0.650. The molecule has 0 saturated carbocycles. The van der Waals surface area contributed by atoms with Crippen molar-refractivity contribution in [2.75, 3.05) is 7.11 Å². The molecule has 0 atom stereocenters. The Bertz CT molecular complexity index is 733. The first-order valence-corrected chi connectivity index (χ1v) is 7.26. The number of carbonyl (C=O) groups is 1. The standard InChI is InChI=1S/C15H11Cl3N2O2/c1-22-14-5-4-10(16)6-12(14)15(21)20-19-8-9-2-3-11(17)7-13(9)18/h2-8H,1H3,(H,20,21)/b19-8+. The van der Waals surface area contributed by atoms with E-state index in [9.17, 15) is 4.79 Å². The summed E-state index contributed by atoms with van der Waals surface area (Å²) in [6.45, 7) is 0. The predicted octanol–water partition coefficient (Wildman–Crippen LogP) is 4.42. The van der Waals surface area contributed by atoms with Crippen molar-refractivity contribution < 1.29 is 9.53 Å². The highest BCUT2D eigenvalue weighted by Crippen LogP contribution is 2.22. The smallest absolute Gasteiger partial charge is 0.275 e. The lowest BCUT2D eigenvalue weighted by atomic mass is 10.2. The lowest BCUT2D eigenvalue weighted by Gasteiger charge is -2.07. The van der Waals surface area contributed by atoms with Gasteiger partial charge in [0.25, 0.3) is 5.91 Å². The summed E-state index contributed by atoms with van der Waals surface area (Å²) < 4.78 is 5.11. The van der Waals surface area contributed by atoms with Crippen LogP contribution in [0.25, 0.3) is 0 Å². The molecule has 0 aromatic heterocycles. The van der Waals surface area contributed by atoms with Gasteiger partial charge in [-0.2, -0.15) is 5.10 Å². The molecule has 2 aromatic carbocycles. The van der Waals surface area contributed by atoms with Crippen LogP contribution in [-0.4, -0.2) is 19.2 Å². The van der Waals surface area contributed by atoms with Gasteiger partial charge in [-0.3, -0.25) is 4.79 Å². The second-order valence-electron chi connectivity index (χ2n) is 4.21. The van der Waals surface area contributed by atoms with Crippen molar-refractivity contribution in [3.8, 4) is 5.75 Å². The number of rotatable bonds is 4. The van der Waals surface area contributed by atoms with E-state index in [0.717, 1.165) is 0 Å². The second-order valence-corrected chi connectivity index (χ2v) is 5.49. The zero-order chi connectivity index (χ0) is 16.1. The summed E-state index contributed by atoms with van der Waals surface area (Å²) in [5.74, 6) is -0.0395. The van der Waals surface area contributed by atoms with Crippen molar-refractivity contribution in [1.82, 2.24) is 5.43 Å². The number of hydrogen-bond acceptors (Lipinski definition) is 3. The van der Waals surface area contributed by atoms with Crippen LogP contribution < -0.4 is 10.2 Å². The Hall–Kier alpha value is -1.75. The van der Waals surface area contributed by atoms with Crippen LogP contribution in [0.15, 0.2) is 41.5 Å². The molecule has 0 aliphatic rings. The number of nitrogens with zero attached hydrogens (tertiary/aromatic N) is 1. The number of halogens is 3. The van der Waals surface area contributed by atoms with Crippen LogP contribution in [0.2, 0.25) is 15.1 Å². The van der Waals surface area contributed by atoms with E-state index in [4.69, 9.17) is 39.5 Å². The molecule has 1 amide bonds. The number of ether oxygens (including phenoxy) is 1. The Morgan fingerprint density at radius 2 is 1.82 bits per heavy atom. The molecule has 0 fully saturated rings. The Morgan fingerprint density at radius 1 is 1.14 bits per heavy atom. The van der Waals surface area contributed by atoms with Gasteiger partial charge in [-0.15, -0.1) is 0 Å². The number of methoxy groups -OCH3 is 1. The van der Waals surface area contributed by atoms with E-state index in [2.05, 4.69) is 10.5 Å². The third-order valence-corrected chi connectivity index (χ3v) is 3.54. The van der Waals surface area contributed by atoms with Gasteiger partial charge in [0.2, 0.25) is 0 Å². The fraction of sp³-hybridized carbons (Fsp3) is 0.0667. The fourth-order valence-corrected chi connectivity index (χ4v) is 2.31. The molecule has 0 radical (unpaired) electrons. The first-order chi connectivity index (χ1) is 10.5. The minimum atomic E-state index is -0.444. The van der Waals surface area contributed by atoms with Crippen LogP contribution in [0.4, 0.5) is 0 Å². The topological polar surface area (TPSA) is 50.7 Å². The molecular weight excluding hydrogens is 347 g/mol. The first-order valence-electron chi connectivity index (χ1n) is 6.13. The molecule has 0 aliphatic carbocycles. The summed E-state index contributed by atoms with van der Waals surface area (Å²) in [6.07, 6.45) is 1.42. The molecule has 114 valence electrons. The van der Waals surface area contributed by atoms with Crippen LogP contribution in [0.5, 0.6) is 5.75 Å². The van der Waals surface area contributed by atoms with Crippen LogP contribution >= 0.6 is 34.8 Å². The summed E-state index contributed by atoms with van der Waals surface area (Å²) in [6, 6.07) is 9.70. The second kappa shape index (κ2) is 7.49. The van der Waals surface area contributed by atoms with Crippen molar-refractivity contribution in [1.29, 1.82) is 0 Å². The van der Waals surface area contributed by atoms with Gasteiger partial charge in [-0.05, 0) is 30.3 Å². The van der Waals surface area contributed by atoms with Crippen LogP contribution in [-0.2, 0) is 0 Å². The summed E-state index contributed by atoms with van der Waals surface area (Å²) in [5.41, 5.74) is 3.31. The molecule has 0 aliphatic heterocycles. The molecule has 4 nitrogen and oxygen atoms in total. The SMILES string of the molecule is COc1ccc(Cl)cc1C(=O)N/N=C/c1ccc(Cl)cc1Cl. The molecule has 22 heavy (non-hydrogen) atoms. The largest absolute Gasteiger partial charge is 0.496 e. The van der Waals surface area contributed by atoms with Crippen molar-refractivity contribution in [2.45, 2.75) is 0 Å². The summed E-state index contributed by atoms with van der Waals surface area (Å²) >= 11 is 17.7. The van der Waals surface area contributed by atoms with Gasteiger partial charge in [0.05, 0.1) is 23.9 Å². The van der Waals surface area contributed by atoms with Crippen LogP contribution in [0.3, 0.4) is 0 Å². The molecule has 7 heteroatoms. The zero-order valence-corrected chi connectivity index (χ0v) is 13.7. The summed E-state index contributed by atoms with van der Waals surface area (Å²) in [4.78, 5) is 12.1. The maximum Gasteiger partial charge on any atom is 0.275 e. The maximum absolute atomic E-state index is 12.1. The van der Waals surface area contributed by atoms with Gasteiger partial charge in [-0.1, -0.05) is 40.9 Å². The van der Waals surface area contributed by atoms with Crippen molar-refractivity contribution >= 4 is 46.9 Å². The molecule has 0 spiro atoms. The highest BCUT2D eigenvalue weighted by Gasteiger charge is 2.12. The number of benzene rings is 2. The molecule has 0 bridgehead atoms. The molecule has 0 saturated heterocycles. The summed E-state index contributed by atoms with van der Waals surface area (Å²) in [7, 11) is 1.47. The molecule has 0 heterocycles. The lowest BCUT2D eigenvalue weighted by molar-refractivity contribution is 0.0952. The van der Waals surface area contributed by atoms with E-state index in [1.807, 2.05) is 0 Å². The monoisotopic (exact) mass is 356 g/mol. The van der Waals surface area contributed by atoms with E-state index in [1.165, 1.54) is 19.4 Å². The zero-order valence-electron chi connectivity index (χ0n) is 11.4. The third kappa shape index (κ3) is 4.13. The molecule has 2 rings (SSSR count). The average Bonchev–Trinajstić information content (AvgIpc) is 2.49. The average molecular weight is 358 g/mol. The van der Waals surface area contributed by atoms with Crippen molar-refractivity contribution in [2.24, 2.45) is 5.10 Å². The fourth-order valence-electron chi connectivity index (χ4n) is 1.68. The number of hydrazone groups is 1. The Morgan fingerprint density at radius 3 is 2.50 bits per heavy atom. The van der Waals surface area contributed by atoms with Gasteiger partial charge in [0.15, 0.2) is 0 Å². The predicted molar refractivity (Wildman–Crippen MR) is 89.5 cm³/mol. The Labute approximate surface area is 142 Å². The van der Waals surface area contributed by atoms with Crippen molar-refractivity contribution in [3.05, 3.63) is 62.6 Å². The third-order valence-electron chi connectivity index (χ3n) is 2.74. The molecule has 2 aromatic rings. The number of hydrogen-bond donors (Lipinski definition) is 1. The van der Waals surface area contributed by atoms with E-state index >= 15 is 0 Å². The minimum Gasteiger partial charge on any atom is -0.496 e.